The molecule has 0 radical (unpaired) electrons. The van der Waals surface area contributed by atoms with Gasteiger partial charge in [0, 0.05) is 6.92 Å². The highest BCUT2D eigenvalue weighted by atomic mass is 16.5. The summed E-state index contributed by atoms with van der Waals surface area (Å²) in [4.78, 5) is 10.8. The summed E-state index contributed by atoms with van der Waals surface area (Å²) in [5, 5.41) is 10.3. The molecular formula is C18H28O3. The first-order valence-corrected chi connectivity index (χ1v) is 8.50. The van der Waals surface area contributed by atoms with Gasteiger partial charge >= 0.3 is 5.97 Å². The minimum atomic E-state index is -0.200. The summed E-state index contributed by atoms with van der Waals surface area (Å²) in [7, 11) is 0. The molecule has 0 unspecified atom stereocenters. The van der Waals surface area contributed by atoms with Gasteiger partial charge in [0.15, 0.2) is 0 Å². The van der Waals surface area contributed by atoms with Crippen LogP contribution < -0.4 is 0 Å². The summed E-state index contributed by atoms with van der Waals surface area (Å²) < 4.78 is 5.03. The van der Waals surface area contributed by atoms with Crippen LogP contribution in [0.2, 0.25) is 0 Å². The summed E-state index contributed by atoms with van der Waals surface area (Å²) in [5.74, 6) is 2.10. The first kappa shape index (κ1) is 15.1. The van der Waals surface area contributed by atoms with Crippen LogP contribution in [0.4, 0.5) is 0 Å². The molecule has 0 bridgehead atoms. The maximum atomic E-state index is 10.8. The summed E-state index contributed by atoms with van der Waals surface area (Å²) in [6, 6.07) is 0. The number of aliphatic hydroxyl groups excluding tert-OH is 1. The van der Waals surface area contributed by atoms with Gasteiger partial charge in [0.2, 0.25) is 0 Å². The van der Waals surface area contributed by atoms with Crippen molar-refractivity contribution >= 4 is 5.97 Å². The predicted molar refractivity (Wildman–Crippen MR) is 81.6 cm³/mol. The van der Waals surface area contributed by atoms with Crippen LogP contribution in [0.3, 0.4) is 0 Å². The zero-order chi connectivity index (χ0) is 15.0. The average molecular weight is 292 g/mol. The van der Waals surface area contributed by atoms with Crippen LogP contribution in [0.15, 0.2) is 11.6 Å². The van der Waals surface area contributed by atoms with Crippen LogP contribution in [-0.4, -0.2) is 23.8 Å². The van der Waals surface area contributed by atoms with Gasteiger partial charge in [-0.3, -0.25) is 4.79 Å². The van der Waals surface area contributed by atoms with E-state index in [4.69, 9.17) is 4.74 Å². The third-order valence-electron chi connectivity index (χ3n) is 6.52. The number of carbonyl (C=O) groups excluding carboxylic acids is 1. The molecule has 0 aromatic heterocycles. The fourth-order valence-corrected chi connectivity index (χ4v) is 5.28. The predicted octanol–water partition coefficient (Wildman–Crippen LogP) is 3.46. The van der Waals surface area contributed by atoms with Gasteiger partial charge in [-0.05, 0) is 74.2 Å². The summed E-state index contributed by atoms with van der Waals surface area (Å²) >= 11 is 0. The van der Waals surface area contributed by atoms with Crippen LogP contribution in [-0.2, 0) is 9.53 Å². The lowest BCUT2D eigenvalue weighted by molar-refractivity contribution is -0.139. The molecule has 21 heavy (non-hydrogen) atoms. The van der Waals surface area contributed by atoms with Crippen molar-refractivity contribution in [3.05, 3.63) is 11.6 Å². The van der Waals surface area contributed by atoms with Crippen molar-refractivity contribution in [1.29, 1.82) is 0 Å². The van der Waals surface area contributed by atoms with Crippen molar-refractivity contribution in [3.8, 4) is 0 Å². The maximum absolute atomic E-state index is 10.8. The molecule has 3 aliphatic rings. The monoisotopic (exact) mass is 292 g/mol. The molecular weight excluding hydrogens is 264 g/mol. The smallest absolute Gasteiger partial charge is 0.302 e. The fourth-order valence-electron chi connectivity index (χ4n) is 5.28. The highest BCUT2D eigenvalue weighted by Gasteiger charge is 2.53. The largest absolute Gasteiger partial charge is 0.462 e. The minimum Gasteiger partial charge on any atom is -0.462 e. The molecule has 3 heteroatoms. The van der Waals surface area contributed by atoms with Crippen molar-refractivity contribution in [2.24, 2.45) is 23.2 Å². The molecule has 118 valence electrons. The van der Waals surface area contributed by atoms with Gasteiger partial charge in [-0.2, -0.15) is 0 Å². The number of esters is 1. The molecule has 3 nitrogen and oxygen atoms in total. The second-order valence-electron chi connectivity index (χ2n) is 7.58. The van der Waals surface area contributed by atoms with Gasteiger partial charge in [-0.15, -0.1) is 0 Å². The van der Waals surface area contributed by atoms with E-state index in [0.717, 1.165) is 30.6 Å². The van der Waals surface area contributed by atoms with E-state index < -0.39 is 0 Å². The second-order valence-corrected chi connectivity index (χ2v) is 7.58. The topological polar surface area (TPSA) is 46.5 Å². The molecule has 3 fully saturated rings. The molecule has 0 aromatic rings. The lowest BCUT2D eigenvalue weighted by atomic mass is 9.56. The number of ether oxygens (including phenoxy) is 1. The standard InChI is InChI=1S/C18H28O3/c1-12(19)21-10-8-13-3-4-15-14(11-13)7-9-18(2)16(15)5-6-17(18)20/h8,14-17,20H,3-7,9-11H2,1-2H3/t14-,15-,16+,17+,18+/m1/s1. The molecule has 0 aliphatic heterocycles. The lowest BCUT2D eigenvalue weighted by Crippen LogP contribution is -2.44. The molecule has 0 heterocycles. The van der Waals surface area contributed by atoms with Gasteiger partial charge in [-0.1, -0.05) is 12.5 Å². The Morgan fingerprint density at radius 3 is 2.95 bits per heavy atom. The van der Waals surface area contributed by atoms with Crippen LogP contribution in [0, 0.1) is 23.2 Å². The molecule has 0 amide bonds. The summed E-state index contributed by atoms with van der Waals surface area (Å²) in [6.45, 7) is 4.21. The molecule has 0 spiro atoms. The number of hydrogen-bond acceptors (Lipinski definition) is 3. The molecule has 3 aliphatic carbocycles. The average Bonchev–Trinajstić information content (AvgIpc) is 2.75. The Bertz CT molecular complexity index is 442. The van der Waals surface area contributed by atoms with Crippen molar-refractivity contribution in [2.75, 3.05) is 6.61 Å². The van der Waals surface area contributed by atoms with E-state index in [1.807, 2.05) is 0 Å². The van der Waals surface area contributed by atoms with Crippen LogP contribution in [0.25, 0.3) is 0 Å². The van der Waals surface area contributed by atoms with E-state index >= 15 is 0 Å². The normalized spacial score (nSPS) is 44.2. The highest BCUT2D eigenvalue weighted by Crippen LogP contribution is 2.59. The van der Waals surface area contributed by atoms with Crippen molar-refractivity contribution in [2.45, 2.75) is 64.9 Å². The Labute approximate surface area is 127 Å². The van der Waals surface area contributed by atoms with Gasteiger partial charge < -0.3 is 9.84 Å². The first-order chi connectivity index (χ1) is 10.0. The Hall–Kier alpha value is -0.830. The van der Waals surface area contributed by atoms with Crippen LogP contribution in [0.5, 0.6) is 0 Å². The quantitative estimate of drug-likeness (QED) is 0.626. The Kier molecular flexibility index (Phi) is 4.13. The molecule has 5 atom stereocenters. The summed E-state index contributed by atoms with van der Waals surface area (Å²) in [6.07, 6.45) is 10.3. The van der Waals surface area contributed by atoms with Crippen molar-refractivity contribution < 1.29 is 14.6 Å². The second kappa shape index (κ2) is 5.75. The highest BCUT2D eigenvalue weighted by molar-refractivity contribution is 5.66. The Morgan fingerprint density at radius 2 is 2.19 bits per heavy atom. The van der Waals surface area contributed by atoms with Crippen molar-refractivity contribution in [1.82, 2.24) is 0 Å². The lowest BCUT2D eigenvalue weighted by Gasteiger charge is -2.50. The van der Waals surface area contributed by atoms with Crippen LogP contribution >= 0.6 is 0 Å². The van der Waals surface area contributed by atoms with E-state index in [0.29, 0.717) is 6.61 Å². The molecule has 3 saturated carbocycles. The molecule has 0 aromatic carbocycles. The van der Waals surface area contributed by atoms with Gasteiger partial charge in [0.25, 0.3) is 0 Å². The number of fused-ring (bicyclic) bond motifs is 3. The zero-order valence-electron chi connectivity index (χ0n) is 13.3. The van der Waals surface area contributed by atoms with E-state index in [9.17, 15) is 9.90 Å². The number of rotatable bonds is 2. The Morgan fingerprint density at radius 1 is 1.38 bits per heavy atom. The third kappa shape index (κ3) is 2.77. The van der Waals surface area contributed by atoms with Crippen molar-refractivity contribution in [3.63, 3.8) is 0 Å². The first-order valence-electron chi connectivity index (χ1n) is 8.50. The minimum absolute atomic E-state index is 0.0793. The van der Waals surface area contributed by atoms with Crippen LogP contribution in [0.1, 0.15) is 58.8 Å². The van der Waals surface area contributed by atoms with E-state index in [-0.39, 0.29) is 17.5 Å². The van der Waals surface area contributed by atoms with E-state index in [2.05, 4.69) is 13.0 Å². The van der Waals surface area contributed by atoms with Gasteiger partial charge in [0.1, 0.15) is 6.61 Å². The number of aliphatic hydroxyl groups is 1. The Balaban J connectivity index is 1.63. The molecule has 3 rings (SSSR count). The maximum Gasteiger partial charge on any atom is 0.302 e. The van der Waals surface area contributed by atoms with E-state index in [1.54, 1.807) is 0 Å². The molecule has 0 saturated heterocycles. The number of hydrogen-bond donors (Lipinski definition) is 1. The van der Waals surface area contributed by atoms with Gasteiger partial charge in [-0.25, -0.2) is 0 Å². The van der Waals surface area contributed by atoms with E-state index in [1.165, 1.54) is 44.6 Å². The fraction of sp³-hybridized carbons (Fsp3) is 0.833. The number of carbonyl (C=O) groups is 1. The number of allylic oxidation sites excluding steroid dienone is 1. The zero-order valence-corrected chi connectivity index (χ0v) is 13.3. The SMILES string of the molecule is CC(=O)OCC=C1CC[C@@H]2[C@H](CC[C@]3(C)[C@@H](O)CC[C@@H]23)C1. The third-order valence-corrected chi connectivity index (χ3v) is 6.52. The summed E-state index contributed by atoms with van der Waals surface area (Å²) in [5.41, 5.74) is 1.65. The van der Waals surface area contributed by atoms with Gasteiger partial charge in [0.05, 0.1) is 6.10 Å². The molecule has 1 N–H and O–H groups in total.